The molecule has 0 aliphatic carbocycles. The predicted octanol–water partition coefficient (Wildman–Crippen LogP) is 3.11. The van der Waals surface area contributed by atoms with Gasteiger partial charge in [0.05, 0.1) is 23.6 Å². The van der Waals surface area contributed by atoms with Crippen LogP contribution < -0.4 is 10.2 Å². The van der Waals surface area contributed by atoms with Gasteiger partial charge in [0.25, 0.3) is 0 Å². The zero-order valence-electron chi connectivity index (χ0n) is 17.1. The van der Waals surface area contributed by atoms with E-state index in [1.165, 1.54) is 23.1 Å². The number of carbonyl (C=O) groups excluding carboxylic acids is 3. The van der Waals surface area contributed by atoms with Crippen molar-refractivity contribution in [3.05, 3.63) is 77.4 Å². The van der Waals surface area contributed by atoms with Crippen LogP contribution in [0, 0.1) is 30.4 Å². The van der Waals surface area contributed by atoms with E-state index < -0.39 is 29.5 Å². The fourth-order valence-electron chi connectivity index (χ4n) is 4.46. The summed E-state index contributed by atoms with van der Waals surface area (Å²) in [6.45, 7) is 3.37. The number of nitrogens with one attached hydrogen (secondary N) is 1. The molecule has 0 radical (unpaired) electrons. The molecule has 3 heterocycles. The smallest absolute Gasteiger partial charge is 0.239 e. The highest BCUT2D eigenvalue weighted by molar-refractivity contribution is 6.24. The number of aryl methyl sites for hydroxylation is 1. The molecule has 2 saturated heterocycles. The van der Waals surface area contributed by atoms with Crippen molar-refractivity contribution in [3.63, 3.8) is 0 Å². The zero-order chi connectivity index (χ0) is 22.3. The third-order valence-electron chi connectivity index (χ3n) is 6.04. The highest BCUT2D eigenvalue weighted by atomic mass is 19.1. The van der Waals surface area contributed by atoms with Crippen LogP contribution in [-0.4, -0.2) is 29.7 Å². The van der Waals surface area contributed by atoms with Crippen molar-refractivity contribution in [1.29, 1.82) is 0 Å². The molecule has 0 saturated carbocycles. The fraction of sp³-hybridized carbons (Fsp3) is 0.292. The lowest BCUT2D eigenvalue weighted by molar-refractivity contribution is -0.126. The summed E-state index contributed by atoms with van der Waals surface area (Å²) in [6, 6.07) is 10.9. The van der Waals surface area contributed by atoms with Crippen molar-refractivity contribution in [2.75, 3.05) is 4.90 Å². The van der Waals surface area contributed by atoms with E-state index in [9.17, 15) is 23.2 Å². The first kappa shape index (κ1) is 21.1. The minimum absolute atomic E-state index is 0.121. The predicted molar refractivity (Wildman–Crippen MR) is 111 cm³/mol. The summed E-state index contributed by atoms with van der Waals surface area (Å²) >= 11 is 0. The number of ketones is 1. The van der Waals surface area contributed by atoms with E-state index in [-0.39, 0.29) is 29.2 Å². The van der Waals surface area contributed by atoms with Gasteiger partial charge in [0.2, 0.25) is 11.8 Å². The number of rotatable bonds is 2. The third-order valence-corrected chi connectivity index (χ3v) is 6.04. The number of hydrogen-bond acceptors (Lipinski definition) is 4. The van der Waals surface area contributed by atoms with Gasteiger partial charge in [0.15, 0.2) is 5.78 Å². The Hall–Kier alpha value is -3.19. The summed E-state index contributed by atoms with van der Waals surface area (Å²) in [5.74, 6) is -2.51. The average molecular weight is 424 g/mol. The lowest BCUT2D eigenvalue weighted by atomic mass is 9.90. The van der Waals surface area contributed by atoms with Crippen molar-refractivity contribution >= 4 is 23.3 Å². The van der Waals surface area contributed by atoms with Gasteiger partial charge in [0.1, 0.15) is 11.6 Å². The fourth-order valence-corrected chi connectivity index (χ4v) is 4.46. The molecule has 2 amide bonds. The minimum atomic E-state index is -0.574. The molecule has 0 spiro atoms. The second kappa shape index (κ2) is 8.15. The molecule has 3 aliphatic heterocycles. The molecule has 5 rings (SSSR count). The molecule has 160 valence electrons. The van der Waals surface area contributed by atoms with E-state index in [1.807, 2.05) is 6.07 Å². The van der Waals surface area contributed by atoms with Gasteiger partial charge in [-0.15, -0.1) is 0 Å². The molecule has 5 nitrogen and oxygen atoms in total. The monoisotopic (exact) mass is 424 g/mol. The number of fused-ring (bicyclic) bond motifs is 5. The third kappa shape index (κ3) is 3.49. The number of anilines is 1. The Morgan fingerprint density at radius 3 is 2.29 bits per heavy atom. The number of halogens is 2. The van der Waals surface area contributed by atoms with Gasteiger partial charge in [-0.2, -0.15) is 0 Å². The summed E-state index contributed by atoms with van der Waals surface area (Å²) < 4.78 is 25.8. The SMILES string of the molecule is CCc1c(F)ccc(C)c1F.O=C1C=C[C@@H]2N[C@H]1[C@H]1C(=O)N(c3ccccc3)C(=O)[C@H]12. The van der Waals surface area contributed by atoms with E-state index in [1.54, 1.807) is 44.2 Å². The van der Waals surface area contributed by atoms with Gasteiger partial charge >= 0.3 is 0 Å². The van der Waals surface area contributed by atoms with Gasteiger partial charge in [-0.3, -0.25) is 19.7 Å². The van der Waals surface area contributed by atoms with Crippen LogP contribution >= 0.6 is 0 Å². The second-order valence-corrected chi connectivity index (χ2v) is 7.84. The van der Waals surface area contributed by atoms with Crippen LogP contribution in [0.2, 0.25) is 0 Å². The number of nitrogens with zero attached hydrogens (tertiary/aromatic N) is 1. The van der Waals surface area contributed by atoms with Crippen LogP contribution in [0.15, 0.2) is 54.6 Å². The van der Waals surface area contributed by atoms with E-state index in [4.69, 9.17) is 0 Å². The first-order chi connectivity index (χ1) is 14.8. The van der Waals surface area contributed by atoms with Crippen LogP contribution in [-0.2, 0) is 20.8 Å². The molecular formula is C24H22F2N2O3. The zero-order valence-corrected chi connectivity index (χ0v) is 17.1. The number of para-hydroxylation sites is 1. The molecule has 2 aromatic carbocycles. The van der Waals surface area contributed by atoms with Crippen LogP contribution in [0.25, 0.3) is 0 Å². The van der Waals surface area contributed by atoms with E-state index in [2.05, 4.69) is 5.32 Å². The summed E-state index contributed by atoms with van der Waals surface area (Å²) in [5.41, 5.74) is 1.26. The maximum absolute atomic E-state index is 13.0. The van der Waals surface area contributed by atoms with Crippen molar-refractivity contribution in [3.8, 4) is 0 Å². The number of imide groups is 1. The first-order valence-electron chi connectivity index (χ1n) is 10.2. The Morgan fingerprint density at radius 1 is 0.968 bits per heavy atom. The van der Waals surface area contributed by atoms with Crippen molar-refractivity contribution < 1.29 is 23.2 Å². The van der Waals surface area contributed by atoms with Gasteiger partial charge in [-0.1, -0.05) is 37.3 Å². The number of hydrogen-bond donors (Lipinski definition) is 1. The van der Waals surface area contributed by atoms with Crippen molar-refractivity contribution in [2.45, 2.75) is 32.4 Å². The molecule has 7 heteroatoms. The molecule has 2 aromatic rings. The number of carbonyl (C=O) groups is 3. The van der Waals surface area contributed by atoms with Gasteiger partial charge in [-0.05, 0) is 43.2 Å². The number of amides is 2. The second-order valence-electron chi connectivity index (χ2n) is 7.84. The van der Waals surface area contributed by atoms with E-state index in [0.29, 0.717) is 17.7 Å². The molecule has 2 bridgehead atoms. The molecular weight excluding hydrogens is 402 g/mol. The molecule has 31 heavy (non-hydrogen) atoms. The number of benzene rings is 2. The molecule has 0 unspecified atom stereocenters. The van der Waals surface area contributed by atoms with Crippen LogP contribution in [0.4, 0.5) is 14.5 Å². The lowest BCUT2D eigenvalue weighted by Crippen LogP contribution is -2.46. The Morgan fingerprint density at radius 2 is 1.65 bits per heavy atom. The molecule has 0 aromatic heterocycles. The van der Waals surface area contributed by atoms with Gasteiger partial charge in [-0.25, -0.2) is 13.7 Å². The molecule has 4 atom stereocenters. The summed E-state index contributed by atoms with van der Waals surface area (Å²) in [7, 11) is 0. The van der Waals surface area contributed by atoms with Crippen LogP contribution in [0.1, 0.15) is 18.1 Å². The molecule has 2 fully saturated rings. The summed E-state index contributed by atoms with van der Waals surface area (Å²) in [5, 5.41) is 3.07. The van der Waals surface area contributed by atoms with Crippen LogP contribution in [0.3, 0.4) is 0 Å². The molecule has 1 N–H and O–H groups in total. The Balaban J connectivity index is 0.000000180. The minimum Gasteiger partial charge on any atom is -0.299 e. The standard InChI is InChI=1S/C15H12N2O3.C9H10F2/c18-10-7-6-9-11-12(13(10)16-9)15(20)17(14(11)19)8-4-2-1-3-5-8;1-3-7-8(10)5-4-6(2)9(7)11/h1-7,9,11-13,16H;4-5H,3H2,1-2H3/t9-,11-,12-,13+;/m0./s1. The van der Waals surface area contributed by atoms with Crippen LogP contribution in [0.5, 0.6) is 0 Å². The summed E-state index contributed by atoms with van der Waals surface area (Å²) in [6.07, 6.45) is 3.58. The van der Waals surface area contributed by atoms with E-state index >= 15 is 0 Å². The van der Waals surface area contributed by atoms with Crippen molar-refractivity contribution in [1.82, 2.24) is 5.32 Å². The maximum atomic E-state index is 13.0. The first-order valence-corrected chi connectivity index (χ1v) is 10.2. The van der Waals surface area contributed by atoms with Crippen molar-refractivity contribution in [2.24, 2.45) is 11.8 Å². The topological polar surface area (TPSA) is 66.5 Å². The maximum Gasteiger partial charge on any atom is 0.239 e. The lowest BCUT2D eigenvalue weighted by Gasteiger charge is -2.22. The Bertz CT molecular complexity index is 1080. The van der Waals surface area contributed by atoms with Gasteiger partial charge < -0.3 is 0 Å². The highest BCUT2D eigenvalue weighted by Gasteiger charge is 2.60. The summed E-state index contributed by atoms with van der Waals surface area (Å²) in [4.78, 5) is 38.2. The normalized spacial score (nSPS) is 26.1. The average Bonchev–Trinajstić information content (AvgIpc) is 3.23. The van der Waals surface area contributed by atoms with Gasteiger partial charge in [0, 0.05) is 11.6 Å². The Kier molecular flexibility index (Phi) is 5.54. The quantitative estimate of drug-likeness (QED) is 0.753. The highest BCUT2D eigenvalue weighted by Crippen LogP contribution is 2.41. The molecule has 3 aliphatic rings. The largest absolute Gasteiger partial charge is 0.299 e. The van der Waals surface area contributed by atoms with E-state index in [0.717, 1.165) is 0 Å². The Labute approximate surface area is 178 Å².